The lowest BCUT2D eigenvalue weighted by Gasteiger charge is -2.15. The molecule has 0 aliphatic carbocycles. The van der Waals surface area contributed by atoms with E-state index in [2.05, 4.69) is 25.8 Å². The zero-order chi connectivity index (χ0) is 9.14. The van der Waals surface area contributed by atoms with Crippen LogP contribution in [0.1, 0.15) is 20.8 Å². The van der Waals surface area contributed by atoms with Gasteiger partial charge in [-0.2, -0.15) is 0 Å². The molecule has 0 bridgehead atoms. The van der Waals surface area contributed by atoms with Gasteiger partial charge < -0.3 is 9.47 Å². The maximum absolute atomic E-state index is 5.32. The van der Waals surface area contributed by atoms with Gasteiger partial charge in [0.2, 0.25) is 0 Å². The Hall–Kier alpha value is -0.120. The topological polar surface area (TPSA) is 25.0 Å². The Kier molecular flexibility index (Phi) is 3.50. The SMILES string of the molecule is CCOC1OC1N(C)CC(C)C. The fraction of sp³-hybridized carbons (Fsp3) is 1.00. The Bertz CT molecular complexity index is 138. The molecule has 0 aromatic carbocycles. The number of ether oxygens (including phenoxy) is 2. The molecular formula is C9H19NO2. The lowest BCUT2D eigenvalue weighted by atomic mass is 10.2. The Morgan fingerprint density at radius 1 is 1.50 bits per heavy atom. The van der Waals surface area contributed by atoms with Crippen molar-refractivity contribution in [2.24, 2.45) is 5.92 Å². The van der Waals surface area contributed by atoms with Crippen molar-refractivity contribution >= 4 is 0 Å². The Balaban J connectivity index is 2.14. The van der Waals surface area contributed by atoms with E-state index in [1.807, 2.05) is 6.92 Å². The molecule has 0 aromatic heterocycles. The zero-order valence-corrected chi connectivity index (χ0v) is 8.41. The quantitative estimate of drug-likeness (QED) is 0.586. The van der Waals surface area contributed by atoms with Crippen LogP contribution in [0.15, 0.2) is 0 Å². The summed E-state index contributed by atoms with van der Waals surface area (Å²) in [6.45, 7) is 8.19. The molecule has 1 rings (SSSR count). The molecular weight excluding hydrogens is 154 g/mol. The van der Waals surface area contributed by atoms with Gasteiger partial charge in [0.05, 0.1) is 0 Å². The van der Waals surface area contributed by atoms with Crippen molar-refractivity contribution in [1.82, 2.24) is 4.90 Å². The molecule has 12 heavy (non-hydrogen) atoms. The summed E-state index contributed by atoms with van der Waals surface area (Å²) in [6.07, 6.45) is 0.228. The Morgan fingerprint density at radius 3 is 2.67 bits per heavy atom. The molecule has 2 unspecified atom stereocenters. The van der Waals surface area contributed by atoms with E-state index in [0.29, 0.717) is 5.92 Å². The van der Waals surface area contributed by atoms with Crippen LogP contribution in [0.3, 0.4) is 0 Å². The number of epoxide rings is 1. The summed E-state index contributed by atoms with van der Waals surface area (Å²) in [5.74, 6) is 0.682. The number of nitrogens with zero attached hydrogens (tertiary/aromatic N) is 1. The highest BCUT2D eigenvalue weighted by Gasteiger charge is 2.42. The monoisotopic (exact) mass is 173 g/mol. The fourth-order valence-corrected chi connectivity index (χ4v) is 1.37. The third-order valence-corrected chi connectivity index (χ3v) is 1.85. The summed E-state index contributed by atoms with van der Waals surface area (Å²) in [5, 5.41) is 0. The van der Waals surface area contributed by atoms with E-state index in [1.54, 1.807) is 0 Å². The highest BCUT2D eigenvalue weighted by atomic mass is 16.8. The minimum absolute atomic E-state index is 0.0266. The van der Waals surface area contributed by atoms with Gasteiger partial charge in [0.1, 0.15) is 0 Å². The van der Waals surface area contributed by atoms with Crippen molar-refractivity contribution in [3.63, 3.8) is 0 Å². The molecule has 0 aromatic rings. The number of likely N-dealkylation sites (N-methyl/N-ethyl adjacent to an activating group) is 1. The van der Waals surface area contributed by atoms with Crippen LogP contribution < -0.4 is 0 Å². The van der Waals surface area contributed by atoms with Crippen LogP contribution in [0.25, 0.3) is 0 Å². The molecule has 1 heterocycles. The minimum atomic E-state index is 0.0266. The summed E-state index contributed by atoms with van der Waals surface area (Å²) in [7, 11) is 2.07. The number of hydrogen-bond donors (Lipinski definition) is 0. The standard InChI is InChI=1S/C9H19NO2/c1-5-11-9-8(12-9)10(4)6-7(2)3/h7-9H,5-6H2,1-4H3. The molecule has 0 saturated carbocycles. The van der Waals surface area contributed by atoms with Gasteiger partial charge in [-0.15, -0.1) is 0 Å². The van der Waals surface area contributed by atoms with Crippen LogP contribution in [0.2, 0.25) is 0 Å². The summed E-state index contributed by atoms with van der Waals surface area (Å²) in [4.78, 5) is 2.20. The van der Waals surface area contributed by atoms with Crippen LogP contribution in [0.4, 0.5) is 0 Å². The van der Waals surface area contributed by atoms with Gasteiger partial charge in [-0.1, -0.05) is 13.8 Å². The molecule has 0 N–H and O–H groups in total. The van der Waals surface area contributed by atoms with E-state index in [0.717, 1.165) is 13.2 Å². The third-order valence-electron chi connectivity index (χ3n) is 1.85. The fourth-order valence-electron chi connectivity index (χ4n) is 1.37. The predicted molar refractivity (Wildman–Crippen MR) is 47.8 cm³/mol. The molecule has 0 radical (unpaired) electrons. The van der Waals surface area contributed by atoms with E-state index in [9.17, 15) is 0 Å². The van der Waals surface area contributed by atoms with Gasteiger partial charge >= 0.3 is 0 Å². The lowest BCUT2D eigenvalue weighted by Crippen LogP contribution is -2.28. The molecule has 2 atom stereocenters. The average molecular weight is 173 g/mol. The summed E-state index contributed by atoms with van der Waals surface area (Å²) in [6, 6.07) is 0. The second-order valence-electron chi connectivity index (χ2n) is 3.68. The van der Waals surface area contributed by atoms with Gasteiger partial charge in [-0.25, -0.2) is 0 Å². The summed E-state index contributed by atoms with van der Waals surface area (Å²) in [5.41, 5.74) is 0. The molecule has 0 amide bonds. The molecule has 1 fully saturated rings. The van der Waals surface area contributed by atoms with Crippen molar-refractivity contribution in [1.29, 1.82) is 0 Å². The van der Waals surface area contributed by atoms with E-state index in [1.165, 1.54) is 0 Å². The first-order chi connectivity index (χ1) is 5.65. The van der Waals surface area contributed by atoms with E-state index in [4.69, 9.17) is 9.47 Å². The lowest BCUT2D eigenvalue weighted by molar-refractivity contribution is 0.0592. The number of rotatable bonds is 5. The van der Waals surface area contributed by atoms with E-state index < -0.39 is 0 Å². The normalized spacial score (nSPS) is 28.5. The summed E-state index contributed by atoms with van der Waals surface area (Å²) >= 11 is 0. The third kappa shape index (κ3) is 2.73. The van der Waals surface area contributed by atoms with Gasteiger partial charge in [-0.05, 0) is 19.9 Å². The Morgan fingerprint density at radius 2 is 2.17 bits per heavy atom. The van der Waals surface area contributed by atoms with Crippen LogP contribution in [0.5, 0.6) is 0 Å². The molecule has 1 saturated heterocycles. The van der Waals surface area contributed by atoms with E-state index in [-0.39, 0.29) is 12.5 Å². The van der Waals surface area contributed by atoms with Crippen molar-refractivity contribution < 1.29 is 9.47 Å². The average Bonchev–Trinajstić information content (AvgIpc) is 2.66. The molecule has 3 heteroatoms. The zero-order valence-electron chi connectivity index (χ0n) is 8.41. The van der Waals surface area contributed by atoms with Gasteiger partial charge in [0.25, 0.3) is 0 Å². The maximum Gasteiger partial charge on any atom is 0.199 e. The van der Waals surface area contributed by atoms with Crippen LogP contribution in [-0.2, 0) is 9.47 Å². The van der Waals surface area contributed by atoms with Gasteiger partial charge in [0, 0.05) is 13.2 Å². The smallest absolute Gasteiger partial charge is 0.199 e. The second kappa shape index (κ2) is 4.21. The van der Waals surface area contributed by atoms with Crippen LogP contribution in [-0.4, -0.2) is 37.6 Å². The number of hydrogen-bond acceptors (Lipinski definition) is 3. The van der Waals surface area contributed by atoms with Crippen molar-refractivity contribution in [2.45, 2.75) is 33.3 Å². The predicted octanol–water partition coefficient (Wildman–Crippen LogP) is 1.29. The first kappa shape index (κ1) is 9.96. The maximum atomic E-state index is 5.32. The molecule has 0 spiro atoms. The highest BCUT2D eigenvalue weighted by molar-refractivity contribution is 4.76. The van der Waals surface area contributed by atoms with Gasteiger partial charge in [0.15, 0.2) is 12.5 Å². The van der Waals surface area contributed by atoms with Crippen molar-refractivity contribution in [2.75, 3.05) is 20.2 Å². The highest BCUT2D eigenvalue weighted by Crippen LogP contribution is 2.26. The van der Waals surface area contributed by atoms with Crippen LogP contribution in [0, 0.1) is 5.92 Å². The molecule has 1 aliphatic heterocycles. The second-order valence-corrected chi connectivity index (χ2v) is 3.68. The van der Waals surface area contributed by atoms with E-state index >= 15 is 0 Å². The van der Waals surface area contributed by atoms with Crippen LogP contribution >= 0.6 is 0 Å². The Labute approximate surface area is 74.6 Å². The first-order valence-corrected chi connectivity index (χ1v) is 4.62. The van der Waals surface area contributed by atoms with Gasteiger partial charge in [-0.3, -0.25) is 4.90 Å². The molecule has 72 valence electrons. The van der Waals surface area contributed by atoms with Crippen molar-refractivity contribution in [3.8, 4) is 0 Å². The largest absolute Gasteiger partial charge is 0.349 e. The molecule has 1 aliphatic rings. The summed E-state index contributed by atoms with van der Waals surface area (Å²) < 4.78 is 10.6. The van der Waals surface area contributed by atoms with Crippen molar-refractivity contribution in [3.05, 3.63) is 0 Å². The first-order valence-electron chi connectivity index (χ1n) is 4.62. The molecule has 3 nitrogen and oxygen atoms in total. The minimum Gasteiger partial charge on any atom is -0.349 e.